The Morgan fingerprint density at radius 1 is 1.29 bits per heavy atom. The molecule has 4 rings (SSSR count). The van der Waals surface area contributed by atoms with Crippen LogP contribution in [0.25, 0.3) is 0 Å². The molecule has 1 aliphatic rings. The summed E-state index contributed by atoms with van der Waals surface area (Å²) in [5, 5.41) is 23.1. The van der Waals surface area contributed by atoms with E-state index in [4.69, 9.17) is 10.5 Å². The summed E-state index contributed by atoms with van der Waals surface area (Å²) in [6, 6.07) is 10.6. The molecular formula is C25H28BrF3N6O3. The van der Waals surface area contributed by atoms with Crippen molar-refractivity contribution in [2.45, 2.75) is 63.5 Å². The number of tetrazole rings is 1. The third-order valence-electron chi connectivity index (χ3n) is 6.55. The van der Waals surface area contributed by atoms with Gasteiger partial charge in [-0.3, -0.25) is 4.90 Å². The highest BCUT2D eigenvalue weighted by molar-refractivity contribution is 9.10. The molecule has 204 valence electrons. The first-order chi connectivity index (χ1) is 17.9. The summed E-state index contributed by atoms with van der Waals surface area (Å²) < 4.78 is 46.9. The number of hydrogen-bond acceptors (Lipinski definition) is 7. The number of hydrogen-bond donors (Lipinski definition) is 2. The number of anilines is 1. The topological polar surface area (TPSA) is 119 Å². The first-order valence-corrected chi connectivity index (χ1v) is 12.9. The summed E-state index contributed by atoms with van der Waals surface area (Å²) in [5.41, 5.74) is 5.82. The number of rotatable bonds is 7. The highest BCUT2D eigenvalue weighted by Crippen LogP contribution is 2.47. The third-order valence-corrected chi connectivity index (χ3v) is 7.04. The monoisotopic (exact) mass is 596 g/mol. The molecule has 0 bridgehead atoms. The Balaban J connectivity index is 1.68. The fourth-order valence-electron chi connectivity index (χ4n) is 4.67. The fourth-order valence-corrected chi connectivity index (χ4v) is 5.12. The van der Waals surface area contributed by atoms with E-state index in [0.717, 1.165) is 22.2 Å². The van der Waals surface area contributed by atoms with Crippen LogP contribution in [0.3, 0.4) is 0 Å². The maximum Gasteiger partial charge on any atom is 0.416 e. The van der Waals surface area contributed by atoms with Gasteiger partial charge in [-0.05, 0) is 66.4 Å². The zero-order valence-electron chi connectivity index (χ0n) is 20.8. The molecular weight excluding hydrogens is 569 g/mol. The summed E-state index contributed by atoms with van der Waals surface area (Å²) in [7, 11) is 0. The number of nitrogens with zero attached hydrogens (tertiary/aromatic N) is 5. The maximum atomic E-state index is 13.6. The molecule has 3 N–H and O–H groups in total. The van der Waals surface area contributed by atoms with Crippen molar-refractivity contribution in [3.8, 4) is 0 Å². The van der Waals surface area contributed by atoms with Crippen LogP contribution >= 0.6 is 15.9 Å². The number of alkyl halides is 3. The molecule has 0 saturated carbocycles. The molecule has 0 spiro atoms. The smallest absolute Gasteiger partial charge is 0.416 e. The minimum absolute atomic E-state index is 0.0260. The van der Waals surface area contributed by atoms with E-state index in [1.54, 1.807) is 13.8 Å². The van der Waals surface area contributed by atoms with E-state index in [1.165, 1.54) is 15.8 Å². The Bertz CT molecular complexity index is 1300. The van der Waals surface area contributed by atoms with Gasteiger partial charge in [0.05, 0.1) is 36.4 Å². The Labute approximate surface area is 225 Å². The molecule has 1 amide bonds. The molecule has 0 saturated heterocycles. The molecule has 1 aliphatic heterocycles. The highest BCUT2D eigenvalue weighted by atomic mass is 79.9. The second-order valence-electron chi connectivity index (χ2n) is 9.21. The molecule has 0 fully saturated rings. The second kappa shape index (κ2) is 11.0. The van der Waals surface area contributed by atoms with Gasteiger partial charge in [0.2, 0.25) is 0 Å². The van der Waals surface area contributed by atoms with Crippen molar-refractivity contribution in [3.63, 3.8) is 0 Å². The van der Waals surface area contributed by atoms with Crippen molar-refractivity contribution in [1.29, 1.82) is 0 Å². The zero-order chi connectivity index (χ0) is 27.7. The Morgan fingerprint density at radius 2 is 2.05 bits per heavy atom. The molecule has 2 aromatic carbocycles. The average molecular weight is 597 g/mol. The van der Waals surface area contributed by atoms with Crippen LogP contribution in [-0.2, 0) is 23.9 Å². The lowest BCUT2D eigenvalue weighted by atomic mass is 9.80. The van der Waals surface area contributed by atoms with Gasteiger partial charge in [0.1, 0.15) is 5.66 Å². The number of aliphatic hydroxyl groups excluding tert-OH is 1. The van der Waals surface area contributed by atoms with Gasteiger partial charge in [-0.1, -0.05) is 35.0 Å². The molecule has 0 radical (unpaired) electrons. The highest BCUT2D eigenvalue weighted by Gasteiger charge is 2.47. The third kappa shape index (κ3) is 5.84. The van der Waals surface area contributed by atoms with Crippen LogP contribution in [0.1, 0.15) is 55.1 Å². The van der Waals surface area contributed by atoms with Crippen molar-refractivity contribution in [2.24, 2.45) is 5.73 Å². The normalized spacial score (nSPS) is 20.2. The number of benzene rings is 2. The number of carbonyl (C=O) groups excluding carboxylic acids is 1. The predicted molar refractivity (Wildman–Crippen MR) is 136 cm³/mol. The number of carbonyl (C=O) groups is 1. The quantitative estimate of drug-likeness (QED) is 0.408. The molecule has 9 nitrogen and oxygen atoms in total. The number of nitrogens with two attached hydrogens (primary N) is 1. The van der Waals surface area contributed by atoms with Gasteiger partial charge in [-0.15, -0.1) is 10.2 Å². The van der Waals surface area contributed by atoms with Crippen molar-refractivity contribution < 1.29 is 27.8 Å². The first kappa shape index (κ1) is 28.0. The molecule has 2 heterocycles. The average Bonchev–Trinajstić information content (AvgIpc) is 3.30. The lowest BCUT2D eigenvalue weighted by molar-refractivity contribution is -0.137. The van der Waals surface area contributed by atoms with E-state index in [1.807, 2.05) is 24.3 Å². The van der Waals surface area contributed by atoms with Gasteiger partial charge in [0.25, 0.3) is 0 Å². The van der Waals surface area contributed by atoms with Gasteiger partial charge in [-0.2, -0.15) is 18.0 Å². The van der Waals surface area contributed by atoms with E-state index < -0.39 is 35.5 Å². The van der Waals surface area contributed by atoms with Crippen LogP contribution in [0.4, 0.5) is 23.7 Å². The number of aliphatic hydroxyl groups is 1. The fraction of sp³-hybridized carbons (Fsp3) is 0.440. The summed E-state index contributed by atoms with van der Waals surface area (Å²) in [6.07, 6.45) is -5.49. The lowest BCUT2D eigenvalue weighted by Gasteiger charge is -2.46. The zero-order valence-corrected chi connectivity index (χ0v) is 22.4. The number of halogens is 4. The van der Waals surface area contributed by atoms with E-state index >= 15 is 0 Å². The number of ether oxygens (including phenoxy) is 1. The van der Waals surface area contributed by atoms with Gasteiger partial charge in [0.15, 0.2) is 5.82 Å². The minimum Gasteiger partial charge on any atom is -0.449 e. The minimum atomic E-state index is -4.60. The van der Waals surface area contributed by atoms with Crippen molar-refractivity contribution in [2.75, 3.05) is 11.5 Å². The molecule has 3 atom stereocenters. The van der Waals surface area contributed by atoms with Crippen LogP contribution in [-0.4, -0.2) is 49.8 Å². The largest absolute Gasteiger partial charge is 0.449 e. The van der Waals surface area contributed by atoms with E-state index in [-0.39, 0.29) is 36.6 Å². The summed E-state index contributed by atoms with van der Waals surface area (Å²) in [4.78, 5) is 15.3. The first-order valence-electron chi connectivity index (χ1n) is 12.1. The lowest BCUT2D eigenvalue weighted by Crippen LogP contribution is -2.61. The van der Waals surface area contributed by atoms with Crippen LogP contribution in [0.2, 0.25) is 0 Å². The Morgan fingerprint density at radius 3 is 2.71 bits per heavy atom. The van der Waals surface area contributed by atoms with Gasteiger partial charge in [0, 0.05) is 10.9 Å². The maximum absolute atomic E-state index is 13.6. The Kier molecular flexibility index (Phi) is 8.09. The predicted octanol–water partition coefficient (Wildman–Crippen LogP) is 4.62. The number of aromatic nitrogens is 4. The Hall–Kier alpha value is -3.03. The van der Waals surface area contributed by atoms with Crippen molar-refractivity contribution >= 4 is 27.7 Å². The molecule has 3 aromatic rings. The standard InChI is InChI=1S/C25H28BrF3N6O3/c1-3-24(30)13-20(19-12-16(25(27,28)29)8-9-21(19)35(24)23(37)38-4-2)22-31-33-34(32-22)14-18(36)11-15-6-5-7-17(26)10-15/h5-10,12,18,20,36H,3-4,11,13-14,30H2,1-2H3/t18?,20-,24+/m0/s1. The van der Waals surface area contributed by atoms with E-state index in [0.29, 0.717) is 12.8 Å². The molecule has 38 heavy (non-hydrogen) atoms. The van der Waals surface area contributed by atoms with Gasteiger partial charge in [-0.25, -0.2) is 4.79 Å². The van der Waals surface area contributed by atoms with E-state index in [9.17, 15) is 23.1 Å². The van der Waals surface area contributed by atoms with Crippen LogP contribution < -0.4 is 10.6 Å². The second-order valence-corrected chi connectivity index (χ2v) is 10.1. The van der Waals surface area contributed by atoms with Gasteiger partial charge >= 0.3 is 12.3 Å². The SMILES string of the molecule is CCOC(=O)N1c2ccc(C(F)(F)F)cc2[C@@H](c2nnn(CC(O)Cc3cccc(Br)c3)n2)C[C@@]1(N)CC. The van der Waals surface area contributed by atoms with Crippen molar-refractivity contribution in [1.82, 2.24) is 20.2 Å². The summed E-state index contributed by atoms with van der Waals surface area (Å²) in [5.74, 6) is -0.633. The van der Waals surface area contributed by atoms with Crippen LogP contribution in [0, 0.1) is 0 Å². The molecule has 1 aromatic heterocycles. The molecule has 0 aliphatic carbocycles. The van der Waals surface area contributed by atoms with Crippen molar-refractivity contribution in [3.05, 3.63) is 69.5 Å². The summed E-state index contributed by atoms with van der Waals surface area (Å²) in [6.45, 7) is 3.52. The molecule has 13 heteroatoms. The van der Waals surface area contributed by atoms with E-state index in [2.05, 4.69) is 31.3 Å². The number of fused-ring (bicyclic) bond motifs is 1. The summed E-state index contributed by atoms with van der Waals surface area (Å²) >= 11 is 3.40. The number of amides is 1. The van der Waals surface area contributed by atoms with Gasteiger partial charge < -0.3 is 15.6 Å². The van der Waals surface area contributed by atoms with Crippen LogP contribution in [0.5, 0.6) is 0 Å². The van der Waals surface area contributed by atoms with Crippen LogP contribution in [0.15, 0.2) is 46.9 Å². The molecule has 1 unspecified atom stereocenters.